The molecule has 0 heterocycles. The maximum Gasteiger partial charge on any atom is 0.227 e. The van der Waals surface area contributed by atoms with Crippen LogP contribution in [0.2, 0.25) is 0 Å². The van der Waals surface area contributed by atoms with E-state index in [1.54, 1.807) is 0 Å². The maximum atomic E-state index is 11.8. The third-order valence-electron chi connectivity index (χ3n) is 3.15. The molecule has 2 nitrogen and oxygen atoms in total. The number of amides is 1. The van der Waals surface area contributed by atoms with Gasteiger partial charge in [-0.1, -0.05) is 22.9 Å². The highest BCUT2D eigenvalue weighted by Gasteiger charge is 2.39. The molecule has 2 rings (SSSR count). The molecule has 1 amide bonds. The molecular weight excluding hydrogens is 266 g/mol. The second-order valence-corrected chi connectivity index (χ2v) is 5.53. The molecule has 0 bridgehead atoms. The summed E-state index contributed by atoms with van der Waals surface area (Å²) < 4.78 is 1.12. The Morgan fingerprint density at radius 2 is 1.88 bits per heavy atom. The summed E-state index contributed by atoms with van der Waals surface area (Å²) in [6.45, 7) is 6.18. The Morgan fingerprint density at radius 1 is 1.38 bits per heavy atom. The minimum absolute atomic E-state index is 0.161. The van der Waals surface area contributed by atoms with Crippen molar-refractivity contribution in [3.8, 4) is 0 Å². The van der Waals surface area contributed by atoms with Gasteiger partial charge in [-0.25, -0.2) is 0 Å². The molecule has 1 aliphatic carbocycles. The first-order valence-corrected chi connectivity index (χ1v) is 6.36. The fourth-order valence-corrected chi connectivity index (χ4v) is 2.17. The molecule has 1 fully saturated rings. The Labute approximate surface area is 105 Å². The Balaban J connectivity index is 2.13. The molecule has 1 aliphatic rings. The van der Waals surface area contributed by atoms with Gasteiger partial charge in [0.05, 0.1) is 0 Å². The lowest BCUT2D eigenvalue weighted by Crippen LogP contribution is -2.14. The quantitative estimate of drug-likeness (QED) is 0.881. The van der Waals surface area contributed by atoms with Crippen LogP contribution in [-0.2, 0) is 4.79 Å². The molecule has 1 saturated carbocycles. The van der Waals surface area contributed by atoms with Crippen LogP contribution >= 0.6 is 15.9 Å². The number of hydrogen-bond donors (Lipinski definition) is 1. The first-order chi connectivity index (χ1) is 7.49. The van der Waals surface area contributed by atoms with Crippen molar-refractivity contribution < 1.29 is 4.79 Å². The smallest absolute Gasteiger partial charge is 0.227 e. The highest BCUT2D eigenvalue weighted by molar-refractivity contribution is 9.10. The first-order valence-electron chi connectivity index (χ1n) is 5.56. The molecular formula is C13H16BrNO. The van der Waals surface area contributed by atoms with Gasteiger partial charge in [0.15, 0.2) is 0 Å². The second-order valence-electron chi connectivity index (χ2n) is 4.73. The van der Waals surface area contributed by atoms with E-state index in [1.807, 2.05) is 26.0 Å². The van der Waals surface area contributed by atoms with Gasteiger partial charge in [-0.3, -0.25) is 4.79 Å². The largest absolute Gasteiger partial charge is 0.326 e. The van der Waals surface area contributed by atoms with E-state index in [9.17, 15) is 4.79 Å². The van der Waals surface area contributed by atoms with Gasteiger partial charge in [-0.05, 0) is 49.4 Å². The monoisotopic (exact) mass is 281 g/mol. The van der Waals surface area contributed by atoms with E-state index in [0.29, 0.717) is 5.92 Å². The summed E-state index contributed by atoms with van der Waals surface area (Å²) in [5.74, 6) is 0.940. The molecule has 16 heavy (non-hydrogen) atoms. The number of rotatable bonds is 2. The van der Waals surface area contributed by atoms with Gasteiger partial charge in [0, 0.05) is 16.1 Å². The predicted octanol–water partition coefficient (Wildman–Crippen LogP) is 3.66. The summed E-state index contributed by atoms with van der Waals surface area (Å²) in [6.07, 6.45) is 1.03. The van der Waals surface area contributed by atoms with E-state index in [2.05, 4.69) is 28.2 Å². The van der Waals surface area contributed by atoms with Crippen LogP contribution in [0, 0.1) is 25.7 Å². The van der Waals surface area contributed by atoms with Crippen molar-refractivity contribution in [1.82, 2.24) is 0 Å². The zero-order chi connectivity index (χ0) is 11.9. The number of hydrogen-bond acceptors (Lipinski definition) is 1. The molecule has 1 aromatic rings. The number of carbonyl (C=O) groups excluding carboxylic acids is 1. The van der Waals surface area contributed by atoms with Crippen molar-refractivity contribution >= 4 is 27.5 Å². The molecule has 0 aliphatic heterocycles. The van der Waals surface area contributed by atoms with Crippen molar-refractivity contribution in [2.45, 2.75) is 27.2 Å². The van der Waals surface area contributed by atoms with E-state index in [1.165, 1.54) is 0 Å². The van der Waals surface area contributed by atoms with Crippen LogP contribution in [0.4, 0.5) is 5.69 Å². The fourth-order valence-electron chi connectivity index (χ4n) is 1.94. The number of halogens is 1. The summed E-state index contributed by atoms with van der Waals surface area (Å²) in [5, 5.41) is 2.98. The lowest BCUT2D eigenvalue weighted by Gasteiger charge is -2.09. The van der Waals surface area contributed by atoms with Crippen LogP contribution in [0.1, 0.15) is 24.5 Å². The van der Waals surface area contributed by atoms with Crippen LogP contribution in [-0.4, -0.2) is 5.91 Å². The maximum absolute atomic E-state index is 11.8. The van der Waals surface area contributed by atoms with Gasteiger partial charge in [-0.2, -0.15) is 0 Å². The van der Waals surface area contributed by atoms with E-state index < -0.39 is 0 Å². The Morgan fingerprint density at radius 3 is 2.31 bits per heavy atom. The normalized spacial score (nSPS) is 23.0. The number of nitrogens with one attached hydrogen (secondary N) is 1. The predicted molar refractivity (Wildman–Crippen MR) is 69.5 cm³/mol. The van der Waals surface area contributed by atoms with Crippen molar-refractivity contribution in [1.29, 1.82) is 0 Å². The van der Waals surface area contributed by atoms with Crippen molar-refractivity contribution in [2.24, 2.45) is 11.8 Å². The average Bonchev–Trinajstić information content (AvgIpc) is 2.92. The number of carbonyl (C=O) groups is 1. The molecule has 1 aromatic carbocycles. The summed E-state index contributed by atoms with van der Waals surface area (Å²) in [5.41, 5.74) is 3.21. The van der Waals surface area contributed by atoms with Crippen LogP contribution in [0.25, 0.3) is 0 Å². The van der Waals surface area contributed by atoms with E-state index in [0.717, 1.165) is 27.7 Å². The van der Waals surface area contributed by atoms with Gasteiger partial charge in [0.1, 0.15) is 0 Å². The molecule has 0 spiro atoms. The van der Waals surface area contributed by atoms with Gasteiger partial charge in [0.25, 0.3) is 0 Å². The topological polar surface area (TPSA) is 29.1 Å². The third-order valence-corrected chi connectivity index (χ3v) is 4.40. The van der Waals surface area contributed by atoms with Crippen molar-refractivity contribution in [2.75, 3.05) is 5.32 Å². The number of aryl methyl sites for hydroxylation is 2. The summed E-state index contributed by atoms with van der Waals surface area (Å²) in [7, 11) is 0. The van der Waals surface area contributed by atoms with Gasteiger partial charge in [0.2, 0.25) is 5.91 Å². The minimum atomic E-state index is 0.161. The highest BCUT2D eigenvalue weighted by atomic mass is 79.9. The zero-order valence-corrected chi connectivity index (χ0v) is 11.4. The summed E-state index contributed by atoms with van der Waals surface area (Å²) >= 11 is 3.52. The molecule has 3 heteroatoms. The SMILES string of the molecule is Cc1cc(NC(=O)C2CC2C)cc(C)c1Br. The molecule has 1 N–H and O–H groups in total. The van der Waals surface area contributed by atoms with E-state index >= 15 is 0 Å². The van der Waals surface area contributed by atoms with Crippen LogP contribution in [0.15, 0.2) is 16.6 Å². The van der Waals surface area contributed by atoms with Gasteiger partial charge < -0.3 is 5.32 Å². The molecule has 2 atom stereocenters. The fraction of sp³-hybridized carbons (Fsp3) is 0.462. The second kappa shape index (κ2) is 4.21. The number of benzene rings is 1. The molecule has 0 saturated heterocycles. The molecule has 0 radical (unpaired) electrons. The van der Waals surface area contributed by atoms with E-state index in [-0.39, 0.29) is 11.8 Å². The average molecular weight is 282 g/mol. The van der Waals surface area contributed by atoms with Crippen LogP contribution < -0.4 is 5.32 Å². The first kappa shape index (κ1) is 11.6. The third kappa shape index (κ3) is 2.29. The van der Waals surface area contributed by atoms with Crippen molar-refractivity contribution in [3.05, 3.63) is 27.7 Å². The molecule has 86 valence electrons. The Bertz CT molecular complexity index is 419. The minimum Gasteiger partial charge on any atom is -0.326 e. The molecule has 0 aromatic heterocycles. The highest BCUT2D eigenvalue weighted by Crippen LogP contribution is 2.38. The van der Waals surface area contributed by atoms with Gasteiger partial charge in [-0.15, -0.1) is 0 Å². The van der Waals surface area contributed by atoms with Crippen molar-refractivity contribution in [3.63, 3.8) is 0 Å². The van der Waals surface area contributed by atoms with E-state index in [4.69, 9.17) is 0 Å². The zero-order valence-electron chi connectivity index (χ0n) is 9.80. The van der Waals surface area contributed by atoms with Crippen LogP contribution in [0.3, 0.4) is 0 Å². The van der Waals surface area contributed by atoms with Crippen LogP contribution in [0.5, 0.6) is 0 Å². The lowest BCUT2D eigenvalue weighted by molar-refractivity contribution is -0.117. The number of anilines is 1. The standard InChI is InChI=1S/C13H16BrNO/c1-7-6-11(7)13(16)15-10-4-8(2)12(14)9(3)5-10/h4-5,7,11H,6H2,1-3H3,(H,15,16). The summed E-state index contributed by atoms with van der Waals surface area (Å²) in [4.78, 5) is 11.8. The Hall–Kier alpha value is -0.830. The summed E-state index contributed by atoms with van der Waals surface area (Å²) in [6, 6.07) is 4.00. The lowest BCUT2D eigenvalue weighted by atomic mass is 10.1. The molecule has 2 unspecified atom stereocenters. The van der Waals surface area contributed by atoms with Gasteiger partial charge >= 0.3 is 0 Å². The Kier molecular flexibility index (Phi) is 3.06.